The maximum absolute atomic E-state index is 5.81. The number of hydrogen-bond acceptors (Lipinski definition) is 5. The molecular weight excluding hydrogens is 258 g/mol. The van der Waals surface area contributed by atoms with E-state index in [1.807, 2.05) is 6.20 Å². The Labute approximate surface area is 117 Å². The van der Waals surface area contributed by atoms with E-state index < -0.39 is 0 Å². The van der Waals surface area contributed by atoms with Gasteiger partial charge in [0.25, 0.3) is 0 Å². The van der Waals surface area contributed by atoms with Crippen LogP contribution >= 0.6 is 11.5 Å². The van der Waals surface area contributed by atoms with Crippen molar-refractivity contribution in [3.05, 3.63) is 40.4 Å². The summed E-state index contributed by atoms with van der Waals surface area (Å²) in [5, 5.41) is 7.53. The molecule has 19 heavy (non-hydrogen) atoms. The van der Waals surface area contributed by atoms with Crippen LogP contribution in [0.1, 0.15) is 35.4 Å². The quantitative estimate of drug-likeness (QED) is 0.911. The largest absolute Gasteiger partial charge is 0.493 e. The molecular formula is C14H17N3OS. The molecule has 1 aliphatic rings. The number of fused-ring (bicyclic) bond motifs is 1. The molecule has 1 unspecified atom stereocenters. The fourth-order valence-electron chi connectivity index (χ4n) is 2.42. The zero-order valence-corrected chi connectivity index (χ0v) is 11.7. The van der Waals surface area contributed by atoms with Crippen LogP contribution in [0.25, 0.3) is 0 Å². The number of nitrogens with one attached hydrogen (secondary N) is 1. The Morgan fingerprint density at radius 3 is 3.21 bits per heavy atom. The van der Waals surface area contributed by atoms with Crippen molar-refractivity contribution in [1.29, 1.82) is 0 Å². The van der Waals surface area contributed by atoms with Crippen LogP contribution in [0.15, 0.2) is 24.4 Å². The molecule has 3 rings (SSSR count). The van der Waals surface area contributed by atoms with Gasteiger partial charge >= 0.3 is 0 Å². The Morgan fingerprint density at radius 2 is 2.42 bits per heavy atom. The number of benzene rings is 1. The van der Waals surface area contributed by atoms with E-state index in [1.165, 1.54) is 22.7 Å². The average molecular weight is 275 g/mol. The van der Waals surface area contributed by atoms with Crippen molar-refractivity contribution in [3.63, 3.8) is 0 Å². The first-order valence-corrected chi connectivity index (χ1v) is 7.42. The predicted molar refractivity (Wildman–Crippen MR) is 75.7 cm³/mol. The Kier molecular flexibility index (Phi) is 3.75. The number of hydrogen-bond donors (Lipinski definition) is 1. The van der Waals surface area contributed by atoms with E-state index in [4.69, 9.17) is 4.74 Å². The van der Waals surface area contributed by atoms with Crippen LogP contribution in [-0.2, 0) is 6.42 Å². The first kappa shape index (κ1) is 12.6. The third kappa shape index (κ3) is 2.48. The summed E-state index contributed by atoms with van der Waals surface area (Å²) in [6, 6.07) is 6.52. The second-order valence-corrected chi connectivity index (χ2v) is 5.46. The van der Waals surface area contributed by atoms with Gasteiger partial charge in [-0.2, -0.15) is 0 Å². The summed E-state index contributed by atoms with van der Waals surface area (Å²) < 4.78 is 9.79. The average Bonchev–Trinajstić information content (AvgIpc) is 3.10. The lowest BCUT2D eigenvalue weighted by molar-refractivity contribution is 0.350. The molecule has 0 fully saturated rings. The summed E-state index contributed by atoms with van der Waals surface area (Å²) in [4.78, 5) is 1.14. The van der Waals surface area contributed by atoms with Crippen molar-refractivity contribution < 1.29 is 4.74 Å². The van der Waals surface area contributed by atoms with Gasteiger partial charge in [-0.25, -0.2) is 0 Å². The van der Waals surface area contributed by atoms with Gasteiger partial charge in [-0.1, -0.05) is 29.6 Å². The molecule has 2 heterocycles. The highest BCUT2D eigenvalue weighted by molar-refractivity contribution is 7.05. The monoisotopic (exact) mass is 275 g/mol. The first-order valence-electron chi connectivity index (χ1n) is 6.65. The standard InChI is InChI=1S/C14H17N3OS/c1-2-7-15-13(12-9-16-17-19-12)11-5-3-4-10-6-8-18-14(10)11/h3-5,9,13,15H,2,6-8H2,1H3. The van der Waals surface area contributed by atoms with Gasteiger partial charge in [0, 0.05) is 12.0 Å². The summed E-state index contributed by atoms with van der Waals surface area (Å²) >= 11 is 1.44. The van der Waals surface area contributed by atoms with Gasteiger partial charge in [0.05, 0.1) is 23.7 Å². The molecule has 0 amide bonds. The number of rotatable bonds is 5. The molecule has 0 saturated heterocycles. The Bertz CT molecular complexity index is 542. The summed E-state index contributed by atoms with van der Waals surface area (Å²) in [5.41, 5.74) is 2.51. The summed E-state index contributed by atoms with van der Waals surface area (Å²) in [6.07, 6.45) is 3.94. The molecule has 1 aromatic heterocycles. The molecule has 0 bridgehead atoms. The minimum atomic E-state index is 0.132. The molecule has 4 nitrogen and oxygen atoms in total. The Balaban J connectivity index is 1.98. The van der Waals surface area contributed by atoms with Crippen LogP contribution in [0.4, 0.5) is 0 Å². The molecule has 0 aliphatic carbocycles. The molecule has 1 atom stereocenters. The van der Waals surface area contributed by atoms with Gasteiger partial charge < -0.3 is 10.1 Å². The normalized spacial score (nSPS) is 15.0. The van der Waals surface area contributed by atoms with Crippen molar-refractivity contribution in [3.8, 4) is 5.75 Å². The topological polar surface area (TPSA) is 47.0 Å². The Morgan fingerprint density at radius 1 is 1.47 bits per heavy atom. The van der Waals surface area contributed by atoms with Gasteiger partial charge in [-0.15, -0.1) is 5.10 Å². The molecule has 2 aromatic rings. The second kappa shape index (κ2) is 5.67. The van der Waals surface area contributed by atoms with E-state index in [1.54, 1.807) is 0 Å². The number of aromatic nitrogens is 2. The van der Waals surface area contributed by atoms with Crippen LogP contribution < -0.4 is 10.1 Å². The molecule has 0 saturated carbocycles. The van der Waals surface area contributed by atoms with Gasteiger partial charge in [-0.05, 0) is 30.1 Å². The summed E-state index contributed by atoms with van der Waals surface area (Å²) in [5.74, 6) is 1.05. The van der Waals surface area contributed by atoms with Crippen molar-refractivity contribution in [2.45, 2.75) is 25.8 Å². The molecule has 1 aliphatic heterocycles. The third-order valence-electron chi connectivity index (χ3n) is 3.32. The predicted octanol–water partition coefficient (Wildman–Crippen LogP) is 2.56. The van der Waals surface area contributed by atoms with Gasteiger partial charge in [0.15, 0.2) is 0 Å². The van der Waals surface area contributed by atoms with Gasteiger partial charge in [-0.3, -0.25) is 0 Å². The zero-order chi connectivity index (χ0) is 13.1. The fraction of sp³-hybridized carbons (Fsp3) is 0.429. The fourth-order valence-corrected chi connectivity index (χ4v) is 3.02. The molecule has 0 spiro atoms. The lowest BCUT2D eigenvalue weighted by Gasteiger charge is -2.19. The van der Waals surface area contributed by atoms with Crippen LogP contribution in [0.3, 0.4) is 0 Å². The molecule has 5 heteroatoms. The smallest absolute Gasteiger partial charge is 0.127 e. The van der Waals surface area contributed by atoms with Crippen LogP contribution in [0.2, 0.25) is 0 Å². The van der Waals surface area contributed by atoms with Crippen LogP contribution in [0.5, 0.6) is 5.75 Å². The highest BCUT2D eigenvalue weighted by atomic mass is 32.1. The second-order valence-electron chi connectivity index (χ2n) is 4.64. The van der Waals surface area contributed by atoms with Crippen LogP contribution in [-0.4, -0.2) is 22.7 Å². The van der Waals surface area contributed by atoms with E-state index in [-0.39, 0.29) is 6.04 Å². The van der Waals surface area contributed by atoms with Crippen molar-refractivity contribution in [2.75, 3.05) is 13.2 Å². The van der Waals surface area contributed by atoms with E-state index in [9.17, 15) is 0 Å². The molecule has 1 aromatic carbocycles. The molecule has 1 N–H and O–H groups in total. The number of nitrogens with zero attached hydrogens (tertiary/aromatic N) is 2. The van der Waals surface area contributed by atoms with E-state index in [0.29, 0.717) is 0 Å². The number of ether oxygens (including phenoxy) is 1. The summed E-state index contributed by atoms with van der Waals surface area (Å²) in [6.45, 7) is 3.92. The SMILES string of the molecule is CCCNC(c1cnns1)c1cccc2c1OCC2. The molecule has 0 radical (unpaired) electrons. The Hall–Kier alpha value is -1.46. The van der Waals surface area contributed by atoms with E-state index in [0.717, 1.165) is 36.6 Å². The van der Waals surface area contributed by atoms with Crippen molar-refractivity contribution in [2.24, 2.45) is 0 Å². The maximum atomic E-state index is 5.81. The maximum Gasteiger partial charge on any atom is 0.127 e. The van der Waals surface area contributed by atoms with Crippen molar-refractivity contribution in [1.82, 2.24) is 14.9 Å². The highest BCUT2D eigenvalue weighted by Crippen LogP contribution is 2.36. The lowest BCUT2D eigenvalue weighted by atomic mass is 10.0. The van der Waals surface area contributed by atoms with Crippen LogP contribution in [0, 0.1) is 0 Å². The van der Waals surface area contributed by atoms with Gasteiger partial charge in [0.2, 0.25) is 0 Å². The zero-order valence-electron chi connectivity index (χ0n) is 10.9. The minimum Gasteiger partial charge on any atom is -0.493 e. The number of para-hydroxylation sites is 1. The van der Waals surface area contributed by atoms with Gasteiger partial charge in [0.1, 0.15) is 5.75 Å². The van der Waals surface area contributed by atoms with E-state index >= 15 is 0 Å². The lowest BCUT2D eigenvalue weighted by Crippen LogP contribution is -2.22. The van der Waals surface area contributed by atoms with Crippen molar-refractivity contribution >= 4 is 11.5 Å². The summed E-state index contributed by atoms with van der Waals surface area (Å²) in [7, 11) is 0. The molecule has 100 valence electrons. The first-order chi connectivity index (χ1) is 9.40. The highest BCUT2D eigenvalue weighted by Gasteiger charge is 2.24. The van der Waals surface area contributed by atoms with E-state index in [2.05, 4.69) is 40.0 Å². The third-order valence-corrected chi connectivity index (χ3v) is 4.05. The minimum absolute atomic E-state index is 0.132.